The number of nitrogens with one attached hydrogen (secondary N) is 1. The van der Waals surface area contributed by atoms with Gasteiger partial charge in [0.05, 0.1) is 14.2 Å². The summed E-state index contributed by atoms with van der Waals surface area (Å²) in [5.74, 6) is 7.10. The minimum atomic E-state index is 0.0672. The van der Waals surface area contributed by atoms with E-state index < -0.39 is 0 Å². The van der Waals surface area contributed by atoms with Crippen LogP contribution in [0.4, 0.5) is 0 Å². The van der Waals surface area contributed by atoms with Gasteiger partial charge in [-0.3, -0.25) is 11.3 Å². The quantitative estimate of drug-likeness (QED) is 0.555. The zero-order valence-corrected chi connectivity index (χ0v) is 11.1. The van der Waals surface area contributed by atoms with E-state index in [0.29, 0.717) is 12.2 Å². The lowest BCUT2D eigenvalue weighted by Crippen LogP contribution is -2.38. The van der Waals surface area contributed by atoms with Crippen molar-refractivity contribution >= 4 is 0 Å². The number of rotatable bonds is 6. The lowest BCUT2D eigenvalue weighted by atomic mass is 10.0. The van der Waals surface area contributed by atoms with Gasteiger partial charge in [0.2, 0.25) is 0 Å². The van der Waals surface area contributed by atoms with Crippen LogP contribution in [-0.2, 0) is 19.9 Å². The average molecular weight is 262 g/mol. The Labute approximate surface area is 111 Å². The van der Waals surface area contributed by atoms with Gasteiger partial charge in [-0.1, -0.05) is 12.1 Å². The van der Waals surface area contributed by atoms with Gasteiger partial charge in [-0.2, -0.15) is 4.80 Å². The van der Waals surface area contributed by atoms with Crippen LogP contribution in [0.3, 0.4) is 0 Å². The fraction of sp³-hybridized carbons (Fsp3) is 0.417. The number of ether oxygens (including phenoxy) is 1. The first-order chi connectivity index (χ1) is 9.21. The van der Waals surface area contributed by atoms with Crippen LogP contribution in [0.15, 0.2) is 24.3 Å². The molecule has 0 aliphatic carbocycles. The Morgan fingerprint density at radius 1 is 1.32 bits per heavy atom. The van der Waals surface area contributed by atoms with E-state index in [2.05, 4.69) is 20.8 Å². The molecular formula is C12H18N6O. The number of tetrazole rings is 1. The van der Waals surface area contributed by atoms with E-state index in [1.807, 2.05) is 24.3 Å². The number of aryl methyl sites for hydroxylation is 1. The van der Waals surface area contributed by atoms with Crippen LogP contribution in [0.25, 0.3) is 0 Å². The van der Waals surface area contributed by atoms with E-state index in [-0.39, 0.29) is 6.04 Å². The molecule has 3 N–H and O–H groups in total. The van der Waals surface area contributed by atoms with Gasteiger partial charge >= 0.3 is 0 Å². The van der Waals surface area contributed by atoms with Crippen molar-refractivity contribution in [1.82, 2.24) is 25.6 Å². The summed E-state index contributed by atoms with van der Waals surface area (Å²) >= 11 is 0. The van der Waals surface area contributed by atoms with E-state index in [9.17, 15) is 0 Å². The molecule has 0 aliphatic heterocycles. The van der Waals surface area contributed by atoms with Crippen molar-refractivity contribution in [2.75, 3.05) is 7.11 Å². The first kappa shape index (κ1) is 13.4. The zero-order chi connectivity index (χ0) is 13.7. The number of benzene rings is 1. The van der Waals surface area contributed by atoms with E-state index in [0.717, 1.165) is 12.2 Å². The van der Waals surface area contributed by atoms with Gasteiger partial charge in [-0.25, -0.2) is 0 Å². The van der Waals surface area contributed by atoms with E-state index in [1.165, 1.54) is 10.4 Å². The van der Waals surface area contributed by atoms with Crippen molar-refractivity contribution in [3.8, 4) is 5.75 Å². The largest absolute Gasteiger partial charge is 0.497 e. The number of aromatic nitrogens is 4. The lowest BCUT2D eigenvalue weighted by molar-refractivity contribution is 0.414. The van der Waals surface area contributed by atoms with E-state index in [4.69, 9.17) is 10.6 Å². The Morgan fingerprint density at radius 3 is 2.58 bits per heavy atom. The fourth-order valence-corrected chi connectivity index (χ4v) is 1.86. The second-order valence-electron chi connectivity index (χ2n) is 4.32. The topological polar surface area (TPSA) is 90.9 Å². The molecule has 0 fully saturated rings. The maximum absolute atomic E-state index is 5.57. The summed E-state index contributed by atoms with van der Waals surface area (Å²) in [7, 11) is 3.39. The van der Waals surface area contributed by atoms with Gasteiger partial charge in [0.25, 0.3) is 0 Å². The maximum Gasteiger partial charge on any atom is 0.176 e. The highest BCUT2D eigenvalue weighted by Crippen LogP contribution is 2.13. The predicted molar refractivity (Wildman–Crippen MR) is 70.3 cm³/mol. The summed E-state index contributed by atoms with van der Waals surface area (Å²) in [6.45, 7) is 0. The van der Waals surface area contributed by atoms with Crippen LogP contribution in [0.2, 0.25) is 0 Å². The molecule has 7 heteroatoms. The average Bonchev–Trinajstić information content (AvgIpc) is 2.84. The third-order valence-corrected chi connectivity index (χ3v) is 2.86. The summed E-state index contributed by atoms with van der Waals surface area (Å²) in [5, 5.41) is 11.9. The van der Waals surface area contributed by atoms with Crippen LogP contribution in [0, 0.1) is 0 Å². The molecule has 0 radical (unpaired) electrons. The molecule has 2 rings (SSSR count). The molecule has 102 valence electrons. The Balaban J connectivity index is 1.97. The third kappa shape index (κ3) is 3.73. The van der Waals surface area contributed by atoms with E-state index in [1.54, 1.807) is 14.2 Å². The molecule has 0 saturated carbocycles. The standard InChI is InChI=1S/C12H18N6O/c1-18-16-12(15-17-18)8-10(14-13)7-9-3-5-11(19-2)6-4-9/h3-6,10,14H,7-8,13H2,1-2H3. The smallest absolute Gasteiger partial charge is 0.176 e. The Hall–Kier alpha value is -1.99. The molecule has 1 heterocycles. The van der Waals surface area contributed by atoms with Gasteiger partial charge in [0, 0.05) is 12.5 Å². The third-order valence-electron chi connectivity index (χ3n) is 2.86. The highest BCUT2D eigenvalue weighted by Gasteiger charge is 2.12. The first-order valence-electron chi connectivity index (χ1n) is 6.03. The highest BCUT2D eigenvalue weighted by molar-refractivity contribution is 5.27. The molecule has 1 atom stereocenters. The Bertz CT molecular complexity index is 509. The summed E-state index contributed by atoms with van der Waals surface area (Å²) in [6, 6.07) is 7.98. The van der Waals surface area contributed by atoms with Crippen LogP contribution in [0.5, 0.6) is 5.75 Å². The minimum absolute atomic E-state index is 0.0672. The summed E-state index contributed by atoms with van der Waals surface area (Å²) < 4.78 is 5.13. The number of nitrogens with two attached hydrogens (primary N) is 1. The Kier molecular flexibility index (Phi) is 4.43. The van der Waals surface area contributed by atoms with Gasteiger partial charge in [0.15, 0.2) is 5.82 Å². The van der Waals surface area contributed by atoms with Gasteiger partial charge in [-0.15, -0.1) is 10.2 Å². The number of hydrazine groups is 1. The molecule has 0 amide bonds. The predicted octanol–water partition coefficient (Wildman–Crippen LogP) is -0.164. The first-order valence-corrected chi connectivity index (χ1v) is 6.03. The summed E-state index contributed by atoms with van der Waals surface area (Å²) in [6.07, 6.45) is 1.43. The molecule has 7 nitrogen and oxygen atoms in total. The van der Waals surface area contributed by atoms with Crippen LogP contribution >= 0.6 is 0 Å². The van der Waals surface area contributed by atoms with Crippen LogP contribution < -0.4 is 16.0 Å². The van der Waals surface area contributed by atoms with Gasteiger partial charge < -0.3 is 4.74 Å². The fourth-order valence-electron chi connectivity index (χ4n) is 1.86. The second-order valence-corrected chi connectivity index (χ2v) is 4.32. The highest BCUT2D eigenvalue weighted by atomic mass is 16.5. The van der Waals surface area contributed by atoms with E-state index >= 15 is 0 Å². The summed E-state index contributed by atoms with van der Waals surface area (Å²) in [5.41, 5.74) is 3.96. The van der Waals surface area contributed by atoms with Gasteiger partial charge in [0.1, 0.15) is 5.75 Å². The number of methoxy groups -OCH3 is 1. The molecule has 1 unspecified atom stereocenters. The molecule has 0 spiro atoms. The van der Waals surface area contributed by atoms with Crippen molar-refractivity contribution in [1.29, 1.82) is 0 Å². The second kappa shape index (κ2) is 6.26. The van der Waals surface area contributed by atoms with Crippen molar-refractivity contribution in [2.45, 2.75) is 18.9 Å². The number of hydrogen-bond acceptors (Lipinski definition) is 6. The van der Waals surface area contributed by atoms with Crippen molar-refractivity contribution in [3.63, 3.8) is 0 Å². The zero-order valence-electron chi connectivity index (χ0n) is 11.1. The van der Waals surface area contributed by atoms with Crippen LogP contribution in [0.1, 0.15) is 11.4 Å². The Morgan fingerprint density at radius 2 is 2.05 bits per heavy atom. The molecule has 0 bridgehead atoms. The molecule has 19 heavy (non-hydrogen) atoms. The molecule has 0 aliphatic rings. The molecule has 2 aromatic rings. The minimum Gasteiger partial charge on any atom is -0.497 e. The maximum atomic E-state index is 5.57. The number of nitrogens with zero attached hydrogens (tertiary/aromatic N) is 4. The molecule has 1 aromatic heterocycles. The van der Waals surface area contributed by atoms with Crippen molar-refractivity contribution in [2.24, 2.45) is 12.9 Å². The SMILES string of the molecule is COc1ccc(CC(Cc2nnn(C)n2)NN)cc1. The monoisotopic (exact) mass is 262 g/mol. The molecular weight excluding hydrogens is 244 g/mol. The normalized spacial score (nSPS) is 12.4. The van der Waals surface area contributed by atoms with Crippen molar-refractivity contribution < 1.29 is 4.74 Å². The molecule has 1 aromatic carbocycles. The van der Waals surface area contributed by atoms with Crippen LogP contribution in [-0.4, -0.2) is 33.4 Å². The number of hydrogen-bond donors (Lipinski definition) is 2. The molecule has 0 saturated heterocycles. The van der Waals surface area contributed by atoms with Gasteiger partial charge in [-0.05, 0) is 29.3 Å². The van der Waals surface area contributed by atoms with Crippen molar-refractivity contribution in [3.05, 3.63) is 35.7 Å². The lowest BCUT2D eigenvalue weighted by Gasteiger charge is -2.14. The summed E-state index contributed by atoms with van der Waals surface area (Å²) in [4.78, 5) is 1.44.